The summed E-state index contributed by atoms with van der Waals surface area (Å²) in [6.07, 6.45) is 10.1. The molecular weight excluding hydrogens is 250 g/mol. The largest absolute Gasteiger partial charge is 0.394 e. The highest BCUT2D eigenvalue weighted by molar-refractivity contribution is 4.65. The molecule has 0 aliphatic rings. The van der Waals surface area contributed by atoms with E-state index in [1.807, 2.05) is 0 Å². The first-order valence-electron chi connectivity index (χ1n) is 8.61. The first-order chi connectivity index (χ1) is 9.60. The van der Waals surface area contributed by atoms with Crippen molar-refractivity contribution in [3.8, 4) is 0 Å². The maximum Gasteiger partial charge on any atom is 0.0897 e. The lowest BCUT2D eigenvalue weighted by Gasteiger charge is -2.26. The molecule has 0 amide bonds. The molecule has 0 heterocycles. The summed E-state index contributed by atoms with van der Waals surface area (Å²) in [6.45, 7) is 9.18. The van der Waals surface area contributed by atoms with E-state index in [2.05, 4.69) is 25.7 Å². The fraction of sp³-hybridized carbons (Fsp3) is 1.00. The van der Waals surface area contributed by atoms with Crippen molar-refractivity contribution in [2.24, 2.45) is 5.92 Å². The first kappa shape index (κ1) is 19.9. The summed E-state index contributed by atoms with van der Waals surface area (Å²) < 4.78 is 0. The fourth-order valence-electron chi connectivity index (χ4n) is 2.60. The molecule has 2 N–H and O–H groups in total. The Kier molecular flexibility index (Phi) is 13.8. The lowest BCUT2D eigenvalue weighted by molar-refractivity contribution is 0.0550. The van der Waals surface area contributed by atoms with Crippen LogP contribution in [0.1, 0.15) is 72.1 Å². The van der Waals surface area contributed by atoms with Crippen LogP contribution in [0.15, 0.2) is 0 Å². The van der Waals surface area contributed by atoms with E-state index in [1.54, 1.807) is 0 Å². The molecule has 3 nitrogen and oxygen atoms in total. The molecule has 0 aliphatic heterocycles. The average molecular weight is 287 g/mol. The molecule has 1 atom stereocenters. The zero-order valence-corrected chi connectivity index (χ0v) is 14.0. The van der Waals surface area contributed by atoms with E-state index >= 15 is 0 Å². The minimum absolute atomic E-state index is 0.133. The van der Waals surface area contributed by atoms with Crippen LogP contribution in [0.3, 0.4) is 0 Å². The third-order valence-corrected chi connectivity index (χ3v) is 3.63. The molecule has 0 fully saturated rings. The van der Waals surface area contributed by atoms with E-state index in [0.717, 1.165) is 13.1 Å². The lowest BCUT2D eigenvalue weighted by atomic mass is 10.1. The molecule has 0 radical (unpaired) electrons. The van der Waals surface area contributed by atoms with Crippen molar-refractivity contribution >= 4 is 0 Å². The Morgan fingerprint density at radius 1 is 0.850 bits per heavy atom. The van der Waals surface area contributed by atoms with Crippen LogP contribution < -0.4 is 0 Å². The summed E-state index contributed by atoms with van der Waals surface area (Å²) in [4.78, 5) is 2.29. The van der Waals surface area contributed by atoms with Crippen LogP contribution in [0, 0.1) is 5.92 Å². The van der Waals surface area contributed by atoms with Gasteiger partial charge in [-0.3, -0.25) is 0 Å². The van der Waals surface area contributed by atoms with Crippen LogP contribution in [0.2, 0.25) is 0 Å². The van der Waals surface area contributed by atoms with E-state index in [4.69, 9.17) is 5.11 Å². The summed E-state index contributed by atoms with van der Waals surface area (Å²) in [7, 11) is 0. The summed E-state index contributed by atoms with van der Waals surface area (Å²) in [5.41, 5.74) is 0. The molecule has 3 heteroatoms. The van der Waals surface area contributed by atoms with Crippen molar-refractivity contribution in [1.29, 1.82) is 0 Å². The van der Waals surface area contributed by atoms with E-state index in [-0.39, 0.29) is 6.61 Å². The molecule has 0 saturated heterocycles. The van der Waals surface area contributed by atoms with Crippen molar-refractivity contribution in [1.82, 2.24) is 4.90 Å². The molecule has 20 heavy (non-hydrogen) atoms. The Labute approximate surface area is 126 Å². The van der Waals surface area contributed by atoms with Gasteiger partial charge in [-0.1, -0.05) is 65.7 Å². The maximum absolute atomic E-state index is 9.57. The topological polar surface area (TPSA) is 43.7 Å². The first-order valence-corrected chi connectivity index (χ1v) is 8.61. The van der Waals surface area contributed by atoms with Crippen molar-refractivity contribution in [2.45, 2.75) is 78.2 Å². The molecule has 0 aliphatic carbocycles. The Bertz CT molecular complexity index is 197. The smallest absolute Gasteiger partial charge is 0.0897 e. The molecular formula is C17H37NO2. The van der Waals surface area contributed by atoms with Crippen molar-refractivity contribution in [3.05, 3.63) is 0 Å². The number of nitrogens with zero attached hydrogens (tertiary/aromatic N) is 1. The standard InChI is InChI=1S/C17H37NO2/c1-4-5-6-7-8-9-10-11-12-18(13-16(2)3)14-17(20)15-19/h16-17,19-20H,4-15H2,1-3H3. The van der Waals surface area contributed by atoms with Gasteiger partial charge in [0.05, 0.1) is 12.7 Å². The lowest BCUT2D eigenvalue weighted by Crippen LogP contribution is -2.37. The van der Waals surface area contributed by atoms with Gasteiger partial charge >= 0.3 is 0 Å². The Morgan fingerprint density at radius 2 is 1.40 bits per heavy atom. The zero-order valence-electron chi connectivity index (χ0n) is 14.0. The Hall–Kier alpha value is -0.120. The zero-order chi connectivity index (χ0) is 15.2. The van der Waals surface area contributed by atoms with Gasteiger partial charge in [0.25, 0.3) is 0 Å². The van der Waals surface area contributed by atoms with Crippen LogP contribution in [-0.4, -0.2) is 47.5 Å². The number of aliphatic hydroxyl groups excluding tert-OH is 2. The van der Waals surface area contributed by atoms with Crippen LogP contribution in [0.25, 0.3) is 0 Å². The highest BCUT2D eigenvalue weighted by atomic mass is 16.3. The second-order valence-corrected chi connectivity index (χ2v) is 6.46. The van der Waals surface area contributed by atoms with Gasteiger partial charge in [-0.2, -0.15) is 0 Å². The highest BCUT2D eigenvalue weighted by Crippen LogP contribution is 2.10. The van der Waals surface area contributed by atoms with Gasteiger partial charge in [0.2, 0.25) is 0 Å². The molecule has 0 spiro atoms. The quantitative estimate of drug-likeness (QED) is 0.481. The number of rotatable bonds is 14. The van der Waals surface area contributed by atoms with Crippen molar-refractivity contribution in [2.75, 3.05) is 26.2 Å². The molecule has 122 valence electrons. The third kappa shape index (κ3) is 12.9. The highest BCUT2D eigenvalue weighted by Gasteiger charge is 2.11. The van der Waals surface area contributed by atoms with Gasteiger partial charge < -0.3 is 15.1 Å². The van der Waals surface area contributed by atoms with Gasteiger partial charge in [-0.05, 0) is 18.9 Å². The molecule has 0 aromatic carbocycles. The molecule has 0 aromatic heterocycles. The van der Waals surface area contributed by atoms with E-state index in [9.17, 15) is 5.11 Å². The van der Waals surface area contributed by atoms with Gasteiger partial charge in [0, 0.05) is 13.1 Å². The normalized spacial score (nSPS) is 13.3. The van der Waals surface area contributed by atoms with E-state index < -0.39 is 6.10 Å². The van der Waals surface area contributed by atoms with Gasteiger partial charge in [0.15, 0.2) is 0 Å². The number of aliphatic hydroxyl groups is 2. The Morgan fingerprint density at radius 3 is 1.90 bits per heavy atom. The van der Waals surface area contributed by atoms with Crippen molar-refractivity contribution < 1.29 is 10.2 Å². The van der Waals surface area contributed by atoms with Gasteiger partial charge in [-0.15, -0.1) is 0 Å². The predicted octanol–water partition coefficient (Wildman–Crippen LogP) is 3.44. The second-order valence-electron chi connectivity index (χ2n) is 6.46. The minimum atomic E-state index is -0.595. The monoisotopic (exact) mass is 287 g/mol. The van der Waals surface area contributed by atoms with Gasteiger partial charge in [0.1, 0.15) is 0 Å². The number of hydrogen-bond acceptors (Lipinski definition) is 3. The fourth-order valence-corrected chi connectivity index (χ4v) is 2.60. The minimum Gasteiger partial charge on any atom is -0.394 e. The van der Waals surface area contributed by atoms with Gasteiger partial charge in [-0.25, -0.2) is 0 Å². The molecule has 0 rings (SSSR count). The summed E-state index contributed by atoms with van der Waals surface area (Å²) in [6, 6.07) is 0. The second kappa shape index (κ2) is 13.8. The molecule has 0 saturated carbocycles. The predicted molar refractivity (Wildman–Crippen MR) is 87.0 cm³/mol. The van der Waals surface area contributed by atoms with Crippen LogP contribution >= 0.6 is 0 Å². The number of hydrogen-bond donors (Lipinski definition) is 2. The molecule has 0 aromatic rings. The summed E-state index contributed by atoms with van der Waals surface area (Å²) in [5, 5.41) is 18.5. The van der Waals surface area contributed by atoms with Crippen LogP contribution in [0.5, 0.6) is 0 Å². The van der Waals surface area contributed by atoms with Crippen LogP contribution in [-0.2, 0) is 0 Å². The van der Waals surface area contributed by atoms with Crippen molar-refractivity contribution in [3.63, 3.8) is 0 Å². The third-order valence-electron chi connectivity index (χ3n) is 3.63. The van der Waals surface area contributed by atoms with E-state index in [0.29, 0.717) is 12.5 Å². The molecule has 0 bridgehead atoms. The SMILES string of the molecule is CCCCCCCCCCN(CC(C)C)CC(O)CO. The van der Waals surface area contributed by atoms with E-state index in [1.165, 1.54) is 51.4 Å². The Balaban J connectivity index is 3.63. The van der Waals surface area contributed by atoms with Crippen LogP contribution in [0.4, 0.5) is 0 Å². The average Bonchev–Trinajstić information content (AvgIpc) is 2.40. The maximum atomic E-state index is 9.57. The summed E-state index contributed by atoms with van der Waals surface area (Å²) in [5.74, 6) is 0.606. The number of unbranched alkanes of at least 4 members (excludes halogenated alkanes) is 7. The molecule has 1 unspecified atom stereocenters. The summed E-state index contributed by atoms with van der Waals surface area (Å²) >= 11 is 0.